The van der Waals surface area contributed by atoms with Gasteiger partial charge >= 0.3 is 0 Å². The maximum Gasteiger partial charge on any atom is 0.251 e. The van der Waals surface area contributed by atoms with E-state index in [0.717, 1.165) is 31.4 Å². The molecular weight excluding hydrogens is 222 g/mol. The van der Waals surface area contributed by atoms with Gasteiger partial charge in [0.05, 0.1) is 0 Å². The van der Waals surface area contributed by atoms with Crippen LogP contribution >= 0.6 is 0 Å². The summed E-state index contributed by atoms with van der Waals surface area (Å²) in [6.45, 7) is 7.43. The second-order valence-electron chi connectivity index (χ2n) is 5.71. The lowest BCUT2D eigenvalue weighted by atomic mass is 9.84. The van der Waals surface area contributed by atoms with Crippen LogP contribution in [0, 0.1) is 5.92 Å². The number of carbonyl (C=O) groups excluding carboxylic acids is 1. The molecule has 2 rings (SSSR count). The minimum absolute atomic E-state index is 0.1000. The van der Waals surface area contributed by atoms with E-state index in [-0.39, 0.29) is 5.91 Å². The Labute approximate surface area is 110 Å². The van der Waals surface area contributed by atoms with Gasteiger partial charge in [0, 0.05) is 18.0 Å². The number of hydrogen-bond acceptors (Lipinski definition) is 1. The van der Waals surface area contributed by atoms with E-state index in [9.17, 15) is 4.79 Å². The molecule has 1 aromatic rings. The molecule has 0 bridgehead atoms. The van der Waals surface area contributed by atoms with Crippen LogP contribution in [0.3, 0.4) is 0 Å². The predicted octanol–water partition coefficient (Wildman–Crippen LogP) is 3.51. The topological polar surface area (TPSA) is 29.1 Å². The van der Waals surface area contributed by atoms with Gasteiger partial charge in [-0.25, -0.2) is 0 Å². The highest BCUT2D eigenvalue weighted by atomic mass is 16.1. The van der Waals surface area contributed by atoms with E-state index in [2.05, 4.69) is 44.3 Å². The minimum Gasteiger partial charge on any atom is -0.351 e. The molecule has 1 unspecified atom stereocenters. The van der Waals surface area contributed by atoms with Gasteiger partial charge in [-0.15, -0.1) is 0 Å². The van der Waals surface area contributed by atoms with Crippen LogP contribution in [0.1, 0.15) is 61.0 Å². The smallest absolute Gasteiger partial charge is 0.251 e. The molecule has 0 fully saturated rings. The van der Waals surface area contributed by atoms with Crippen molar-refractivity contribution in [2.24, 2.45) is 5.92 Å². The number of benzene rings is 1. The van der Waals surface area contributed by atoms with E-state index in [0.29, 0.717) is 11.8 Å². The predicted molar refractivity (Wildman–Crippen MR) is 75.0 cm³/mol. The summed E-state index contributed by atoms with van der Waals surface area (Å²) in [4.78, 5) is 12.0. The summed E-state index contributed by atoms with van der Waals surface area (Å²) in [5, 5.41) is 3.02. The first-order chi connectivity index (χ1) is 8.61. The first-order valence-corrected chi connectivity index (χ1v) is 7.02. The Kier molecular flexibility index (Phi) is 4.05. The second kappa shape index (κ2) is 5.55. The lowest BCUT2D eigenvalue weighted by Crippen LogP contribution is -2.35. The largest absolute Gasteiger partial charge is 0.351 e. The Morgan fingerprint density at radius 3 is 2.83 bits per heavy atom. The summed E-state index contributed by atoms with van der Waals surface area (Å²) in [5.41, 5.74) is 3.42. The minimum atomic E-state index is 0.1000. The average molecular weight is 245 g/mol. The van der Waals surface area contributed by atoms with Crippen molar-refractivity contribution in [2.45, 2.75) is 46.0 Å². The van der Waals surface area contributed by atoms with Crippen molar-refractivity contribution in [1.82, 2.24) is 5.32 Å². The normalized spacial score (nSPS) is 18.7. The van der Waals surface area contributed by atoms with Crippen molar-refractivity contribution < 1.29 is 4.79 Å². The molecule has 1 aromatic carbocycles. The highest BCUT2D eigenvalue weighted by Crippen LogP contribution is 2.30. The van der Waals surface area contributed by atoms with Crippen LogP contribution in [0.5, 0.6) is 0 Å². The van der Waals surface area contributed by atoms with Crippen LogP contribution in [-0.2, 0) is 6.42 Å². The summed E-state index contributed by atoms with van der Waals surface area (Å²) in [6, 6.07) is 6.45. The molecule has 0 aliphatic carbocycles. The summed E-state index contributed by atoms with van der Waals surface area (Å²) in [6.07, 6.45) is 3.31. The van der Waals surface area contributed by atoms with E-state index < -0.39 is 0 Å². The Bertz CT molecular complexity index is 437. The molecule has 18 heavy (non-hydrogen) atoms. The third kappa shape index (κ3) is 2.74. The molecule has 1 aliphatic heterocycles. The van der Waals surface area contributed by atoms with Crippen LogP contribution < -0.4 is 5.32 Å². The fraction of sp³-hybridized carbons (Fsp3) is 0.562. The lowest BCUT2D eigenvalue weighted by Gasteiger charge is -2.27. The van der Waals surface area contributed by atoms with Gasteiger partial charge in [0.15, 0.2) is 0 Å². The van der Waals surface area contributed by atoms with Crippen LogP contribution in [0.2, 0.25) is 0 Å². The zero-order valence-electron chi connectivity index (χ0n) is 11.6. The number of nitrogens with one attached hydrogen (secondary N) is 1. The number of amides is 1. The Morgan fingerprint density at radius 2 is 2.17 bits per heavy atom. The van der Waals surface area contributed by atoms with E-state index in [1.165, 1.54) is 11.1 Å². The molecule has 1 N–H and O–H groups in total. The van der Waals surface area contributed by atoms with E-state index in [1.54, 1.807) is 0 Å². The van der Waals surface area contributed by atoms with E-state index in [1.807, 2.05) is 0 Å². The fourth-order valence-electron chi connectivity index (χ4n) is 2.80. The van der Waals surface area contributed by atoms with Crippen LogP contribution in [0.4, 0.5) is 0 Å². The molecule has 2 nitrogen and oxygen atoms in total. The van der Waals surface area contributed by atoms with Crippen LogP contribution in [0.15, 0.2) is 18.2 Å². The van der Waals surface area contributed by atoms with Crippen molar-refractivity contribution >= 4 is 5.91 Å². The van der Waals surface area contributed by atoms with Crippen molar-refractivity contribution in [3.63, 3.8) is 0 Å². The number of rotatable bonds is 4. The van der Waals surface area contributed by atoms with E-state index in [4.69, 9.17) is 0 Å². The number of carbonyl (C=O) groups is 1. The molecule has 1 amide bonds. The van der Waals surface area contributed by atoms with E-state index >= 15 is 0 Å². The number of aryl methyl sites for hydroxylation is 1. The standard InChI is InChI=1S/C16H23NO/c1-4-5-12-6-7-14-13(8-11(2)3)10-17-16(18)15(14)9-12/h6-7,9,11,13H,4-5,8,10H2,1-3H3,(H,17,18). The molecule has 2 heteroatoms. The Balaban J connectivity index is 2.31. The first-order valence-electron chi connectivity index (χ1n) is 7.02. The van der Waals surface area contributed by atoms with Crippen molar-refractivity contribution in [3.05, 3.63) is 34.9 Å². The molecule has 0 saturated heterocycles. The Morgan fingerprint density at radius 1 is 1.39 bits per heavy atom. The SMILES string of the molecule is CCCc1ccc2c(c1)C(=O)NCC2CC(C)C. The monoisotopic (exact) mass is 245 g/mol. The summed E-state index contributed by atoms with van der Waals surface area (Å²) in [5.74, 6) is 1.24. The summed E-state index contributed by atoms with van der Waals surface area (Å²) >= 11 is 0. The molecule has 0 radical (unpaired) electrons. The van der Waals surface area contributed by atoms with Gasteiger partial charge in [-0.1, -0.05) is 39.3 Å². The molecule has 1 aliphatic rings. The first kappa shape index (κ1) is 13.1. The van der Waals surface area contributed by atoms with Crippen molar-refractivity contribution in [3.8, 4) is 0 Å². The molecule has 1 heterocycles. The zero-order chi connectivity index (χ0) is 13.1. The number of fused-ring (bicyclic) bond motifs is 1. The maximum absolute atomic E-state index is 12.0. The van der Waals surface area contributed by atoms with Crippen molar-refractivity contribution in [1.29, 1.82) is 0 Å². The van der Waals surface area contributed by atoms with Gasteiger partial charge in [-0.2, -0.15) is 0 Å². The van der Waals surface area contributed by atoms with Gasteiger partial charge in [-0.05, 0) is 36.0 Å². The summed E-state index contributed by atoms with van der Waals surface area (Å²) < 4.78 is 0. The maximum atomic E-state index is 12.0. The highest BCUT2D eigenvalue weighted by molar-refractivity contribution is 5.97. The van der Waals surface area contributed by atoms with Crippen LogP contribution in [0.25, 0.3) is 0 Å². The van der Waals surface area contributed by atoms with Gasteiger partial charge in [0.2, 0.25) is 0 Å². The highest BCUT2D eigenvalue weighted by Gasteiger charge is 2.25. The van der Waals surface area contributed by atoms with Gasteiger partial charge in [-0.3, -0.25) is 4.79 Å². The van der Waals surface area contributed by atoms with Gasteiger partial charge in [0.1, 0.15) is 0 Å². The van der Waals surface area contributed by atoms with Crippen molar-refractivity contribution in [2.75, 3.05) is 6.54 Å². The van der Waals surface area contributed by atoms with Gasteiger partial charge in [0.25, 0.3) is 5.91 Å². The molecule has 0 aromatic heterocycles. The molecule has 0 spiro atoms. The quantitative estimate of drug-likeness (QED) is 0.864. The fourth-order valence-corrected chi connectivity index (χ4v) is 2.80. The summed E-state index contributed by atoms with van der Waals surface area (Å²) in [7, 11) is 0. The molecule has 1 atom stereocenters. The second-order valence-corrected chi connectivity index (χ2v) is 5.71. The lowest BCUT2D eigenvalue weighted by molar-refractivity contribution is 0.0938. The zero-order valence-corrected chi connectivity index (χ0v) is 11.6. The van der Waals surface area contributed by atoms with Crippen LogP contribution in [-0.4, -0.2) is 12.5 Å². The molecular formula is C16H23NO. The third-order valence-corrected chi connectivity index (χ3v) is 3.61. The molecule has 0 saturated carbocycles. The third-order valence-electron chi connectivity index (χ3n) is 3.61. The number of hydrogen-bond donors (Lipinski definition) is 1. The Hall–Kier alpha value is -1.31. The average Bonchev–Trinajstić information content (AvgIpc) is 2.33. The van der Waals surface area contributed by atoms with Gasteiger partial charge < -0.3 is 5.32 Å². The molecule has 98 valence electrons.